The lowest BCUT2D eigenvalue weighted by Crippen LogP contribution is -2.32. The van der Waals surface area contributed by atoms with Crippen molar-refractivity contribution in [1.29, 1.82) is 0 Å². The second-order valence-corrected chi connectivity index (χ2v) is 13.8. The van der Waals surface area contributed by atoms with E-state index in [1.807, 2.05) is 36.4 Å². The van der Waals surface area contributed by atoms with E-state index >= 15 is 0 Å². The van der Waals surface area contributed by atoms with Crippen LogP contribution in [0.5, 0.6) is 0 Å². The highest BCUT2D eigenvalue weighted by Crippen LogP contribution is 2.36. The van der Waals surface area contributed by atoms with Crippen molar-refractivity contribution in [3.63, 3.8) is 0 Å². The maximum atomic E-state index is 13.9. The van der Waals surface area contributed by atoms with Gasteiger partial charge in [-0.25, -0.2) is 4.79 Å². The molecule has 1 heterocycles. The average Bonchev–Trinajstić information content (AvgIpc) is 3.12. The van der Waals surface area contributed by atoms with Crippen LogP contribution in [-0.4, -0.2) is 23.8 Å². The fraction of sp³-hybridized carbons (Fsp3) is 0.280. The van der Waals surface area contributed by atoms with Crippen molar-refractivity contribution in [2.45, 2.75) is 45.4 Å². The number of pyridine rings is 1. The summed E-state index contributed by atoms with van der Waals surface area (Å²) in [6.07, 6.45) is 0.489. The van der Waals surface area contributed by atoms with Crippen LogP contribution in [0.1, 0.15) is 35.3 Å². The number of benzene rings is 2. The number of rotatable bonds is 3. The molecule has 0 bridgehead atoms. The molecule has 0 aliphatic heterocycles. The van der Waals surface area contributed by atoms with E-state index in [1.54, 1.807) is 11.5 Å². The van der Waals surface area contributed by atoms with Crippen LogP contribution in [-0.2, 0) is 12.8 Å². The number of hydrogen-bond donors (Lipinski definition) is 2. The molecule has 2 N–H and O–H groups in total. The Kier molecular flexibility index (Phi) is 5.24. The van der Waals surface area contributed by atoms with Crippen molar-refractivity contribution in [2.24, 2.45) is 0 Å². The Bertz CT molecular complexity index is 1310. The van der Waals surface area contributed by atoms with Crippen LogP contribution in [0.2, 0.25) is 19.6 Å². The summed E-state index contributed by atoms with van der Waals surface area (Å²) in [7, 11) is -1.63. The van der Waals surface area contributed by atoms with Gasteiger partial charge >= 0.3 is 6.09 Å². The zero-order chi connectivity index (χ0) is 22.3. The predicted molar refractivity (Wildman–Crippen MR) is 127 cm³/mol. The minimum atomic E-state index is -1.63. The molecule has 0 fully saturated rings. The normalized spacial score (nSPS) is 13.5. The van der Waals surface area contributed by atoms with Crippen molar-refractivity contribution in [3.05, 3.63) is 75.2 Å². The lowest BCUT2D eigenvalue weighted by Gasteiger charge is -2.23. The lowest BCUT2D eigenvalue weighted by molar-refractivity contribution is 0.190. The fourth-order valence-electron chi connectivity index (χ4n) is 4.32. The van der Waals surface area contributed by atoms with Gasteiger partial charge in [0.15, 0.2) is 0 Å². The van der Waals surface area contributed by atoms with Crippen LogP contribution in [0.15, 0.2) is 47.3 Å². The lowest BCUT2D eigenvalue weighted by atomic mass is 9.97. The number of nitrogens with zero attached hydrogens (tertiary/aromatic N) is 1. The number of aromatic nitrogens is 1. The first-order chi connectivity index (χ1) is 14.7. The van der Waals surface area contributed by atoms with Crippen LogP contribution in [0.4, 0.5) is 4.79 Å². The molecular formula is C25H26N2O3Si. The molecule has 1 aliphatic rings. The molecule has 6 heteroatoms. The van der Waals surface area contributed by atoms with E-state index in [4.69, 9.17) is 0 Å². The second-order valence-electron chi connectivity index (χ2n) is 9.03. The molecular weight excluding hydrogens is 404 g/mol. The summed E-state index contributed by atoms with van der Waals surface area (Å²) >= 11 is 0. The molecule has 3 aromatic rings. The summed E-state index contributed by atoms with van der Waals surface area (Å²) in [6.45, 7) is 8.33. The van der Waals surface area contributed by atoms with Crippen molar-refractivity contribution >= 4 is 24.9 Å². The zero-order valence-electron chi connectivity index (χ0n) is 18.2. The summed E-state index contributed by atoms with van der Waals surface area (Å²) in [5.41, 5.74) is 7.59. The number of nitrogens with one attached hydrogen (secondary N) is 1. The predicted octanol–water partition coefficient (Wildman–Crippen LogP) is 4.65. The first-order valence-corrected chi connectivity index (χ1v) is 14.0. The van der Waals surface area contributed by atoms with E-state index in [-0.39, 0.29) is 5.56 Å². The Morgan fingerprint density at radius 2 is 1.81 bits per heavy atom. The average molecular weight is 431 g/mol. The molecule has 1 unspecified atom stereocenters. The second kappa shape index (κ2) is 7.75. The molecule has 1 aromatic heterocycles. The minimum Gasteiger partial charge on any atom is -0.465 e. The number of para-hydroxylation sites is 1. The number of amides is 1. The molecule has 4 rings (SSSR count). The van der Waals surface area contributed by atoms with Crippen molar-refractivity contribution in [3.8, 4) is 17.2 Å². The minimum absolute atomic E-state index is 0.150. The Hall–Kier alpha value is -3.30. The smallest absolute Gasteiger partial charge is 0.405 e. The molecule has 0 saturated heterocycles. The largest absolute Gasteiger partial charge is 0.465 e. The van der Waals surface area contributed by atoms with E-state index in [0.29, 0.717) is 11.1 Å². The highest BCUT2D eigenvalue weighted by molar-refractivity contribution is 6.83. The molecule has 0 radical (unpaired) electrons. The van der Waals surface area contributed by atoms with Gasteiger partial charge in [0, 0.05) is 11.3 Å². The standard InChI is InChI=1S/C25H26N2O3Si/c1-16(26-25(29)30)23-20-13-12-17-10-11-18(14-15-31(2,3)4)22(21(17)20)24(28)27(23)19-8-6-5-7-9-19/h5-11,16,26H,12-13H2,1-4H3,(H,29,30). The van der Waals surface area contributed by atoms with E-state index in [1.165, 1.54) is 0 Å². The Morgan fingerprint density at radius 1 is 1.10 bits per heavy atom. The van der Waals surface area contributed by atoms with Crippen LogP contribution in [0.3, 0.4) is 0 Å². The van der Waals surface area contributed by atoms with Crippen LogP contribution >= 0.6 is 0 Å². The number of carbonyl (C=O) groups is 1. The molecule has 158 valence electrons. The molecule has 5 nitrogen and oxygen atoms in total. The summed E-state index contributed by atoms with van der Waals surface area (Å²) in [5.74, 6) is 3.30. The quantitative estimate of drug-likeness (QED) is 0.469. The first-order valence-electron chi connectivity index (χ1n) is 10.5. The molecule has 1 aliphatic carbocycles. The molecule has 1 amide bonds. The third kappa shape index (κ3) is 3.89. The van der Waals surface area contributed by atoms with Gasteiger partial charge in [-0.15, -0.1) is 5.54 Å². The fourth-order valence-corrected chi connectivity index (χ4v) is 4.83. The summed E-state index contributed by atoms with van der Waals surface area (Å²) in [6, 6.07) is 12.9. The number of carboxylic acid groups (broad SMARTS) is 1. The molecule has 0 spiro atoms. The topological polar surface area (TPSA) is 71.3 Å². The molecule has 1 atom stereocenters. The molecule has 31 heavy (non-hydrogen) atoms. The Morgan fingerprint density at radius 3 is 2.45 bits per heavy atom. The van der Waals surface area contributed by atoms with Crippen molar-refractivity contribution in [1.82, 2.24) is 9.88 Å². The summed E-state index contributed by atoms with van der Waals surface area (Å²) in [5, 5.41) is 13.5. The van der Waals surface area contributed by atoms with Gasteiger partial charge < -0.3 is 10.4 Å². The van der Waals surface area contributed by atoms with Gasteiger partial charge in [-0.3, -0.25) is 9.36 Å². The Labute approximate surface area is 182 Å². The van der Waals surface area contributed by atoms with Gasteiger partial charge in [0.2, 0.25) is 0 Å². The van der Waals surface area contributed by atoms with Crippen LogP contribution in [0.25, 0.3) is 16.5 Å². The third-order valence-corrected chi connectivity index (χ3v) is 6.42. The van der Waals surface area contributed by atoms with Gasteiger partial charge in [0.1, 0.15) is 8.07 Å². The van der Waals surface area contributed by atoms with Crippen molar-refractivity contribution in [2.75, 3.05) is 0 Å². The van der Waals surface area contributed by atoms with Gasteiger partial charge in [-0.1, -0.05) is 49.8 Å². The summed E-state index contributed by atoms with van der Waals surface area (Å²) in [4.78, 5) is 25.4. The van der Waals surface area contributed by atoms with Gasteiger partial charge in [0.25, 0.3) is 5.56 Å². The van der Waals surface area contributed by atoms with E-state index in [0.717, 1.165) is 40.6 Å². The maximum absolute atomic E-state index is 13.9. The first kappa shape index (κ1) is 20.9. The molecule has 2 aromatic carbocycles. The van der Waals surface area contributed by atoms with Gasteiger partial charge in [-0.2, -0.15) is 0 Å². The monoisotopic (exact) mass is 430 g/mol. The number of hydrogen-bond acceptors (Lipinski definition) is 2. The van der Waals surface area contributed by atoms with Crippen molar-refractivity contribution < 1.29 is 9.90 Å². The van der Waals surface area contributed by atoms with Gasteiger partial charge in [0.05, 0.1) is 17.1 Å². The summed E-state index contributed by atoms with van der Waals surface area (Å²) < 4.78 is 1.67. The zero-order valence-corrected chi connectivity index (χ0v) is 19.2. The molecule has 0 saturated carbocycles. The Balaban J connectivity index is 2.13. The number of aryl methyl sites for hydroxylation is 2. The van der Waals surface area contributed by atoms with E-state index < -0.39 is 20.2 Å². The van der Waals surface area contributed by atoms with E-state index in [9.17, 15) is 14.7 Å². The van der Waals surface area contributed by atoms with Gasteiger partial charge in [-0.05, 0) is 54.5 Å². The SMILES string of the molecule is CC(NC(=O)O)c1c2c3c(ccc(C#C[Si](C)(C)C)c3c(=O)n1-c1ccccc1)CC2. The van der Waals surface area contributed by atoms with Crippen LogP contribution < -0.4 is 10.9 Å². The third-order valence-electron chi connectivity index (χ3n) is 5.54. The van der Waals surface area contributed by atoms with Crippen LogP contribution in [0, 0.1) is 11.5 Å². The highest BCUT2D eigenvalue weighted by atomic mass is 28.3. The van der Waals surface area contributed by atoms with E-state index in [2.05, 4.69) is 42.5 Å². The highest BCUT2D eigenvalue weighted by Gasteiger charge is 2.28. The maximum Gasteiger partial charge on any atom is 0.405 e.